The van der Waals surface area contributed by atoms with Crippen LogP contribution in [0.3, 0.4) is 0 Å². The lowest BCUT2D eigenvalue weighted by Gasteiger charge is -2.10. The molecule has 1 aliphatic rings. The van der Waals surface area contributed by atoms with Gasteiger partial charge in [0.25, 0.3) is 0 Å². The summed E-state index contributed by atoms with van der Waals surface area (Å²) in [6.07, 6.45) is 6.55. The Labute approximate surface area is 79.7 Å². The minimum absolute atomic E-state index is 0.0191. The van der Waals surface area contributed by atoms with Crippen molar-refractivity contribution in [3.8, 4) is 0 Å². The minimum atomic E-state index is 0.0191. The molecular weight excluding hydrogens is 164 g/mol. The molecule has 1 fully saturated rings. The van der Waals surface area contributed by atoms with Gasteiger partial charge in [-0.1, -0.05) is 19.3 Å². The van der Waals surface area contributed by atoms with Crippen LogP contribution in [0.15, 0.2) is 0 Å². The van der Waals surface area contributed by atoms with Crippen molar-refractivity contribution in [2.75, 3.05) is 0 Å². The maximum absolute atomic E-state index is 11.4. The van der Waals surface area contributed by atoms with Crippen molar-refractivity contribution >= 4 is 11.6 Å². The summed E-state index contributed by atoms with van der Waals surface area (Å²) in [5.41, 5.74) is 0. The van der Waals surface area contributed by atoms with Crippen molar-refractivity contribution in [1.82, 2.24) is 0 Å². The summed E-state index contributed by atoms with van der Waals surface area (Å²) in [5, 5.41) is 0. The molecule has 74 valence electrons. The topological polar surface area (TPSA) is 34.1 Å². The second-order valence-corrected chi connectivity index (χ2v) is 4.00. The highest BCUT2D eigenvalue weighted by atomic mass is 16.1. The summed E-state index contributed by atoms with van der Waals surface area (Å²) in [6, 6.07) is 0. The highest BCUT2D eigenvalue weighted by molar-refractivity contribution is 5.86. The summed E-state index contributed by atoms with van der Waals surface area (Å²) >= 11 is 0. The Balaban J connectivity index is 2.51. The Bertz CT molecular complexity index is 196. The Morgan fingerprint density at radius 2 is 1.92 bits per heavy atom. The van der Waals surface area contributed by atoms with E-state index < -0.39 is 0 Å². The molecule has 0 heterocycles. The number of ketones is 2. The molecule has 0 saturated heterocycles. The van der Waals surface area contributed by atoms with Crippen LogP contribution in [0.25, 0.3) is 0 Å². The molecule has 0 aromatic heterocycles. The van der Waals surface area contributed by atoms with Gasteiger partial charge in [-0.15, -0.1) is 0 Å². The van der Waals surface area contributed by atoms with E-state index in [1.54, 1.807) is 6.92 Å². The van der Waals surface area contributed by atoms with Gasteiger partial charge in [-0.25, -0.2) is 0 Å². The highest BCUT2D eigenvalue weighted by Crippen LogP contribution is 2.20. The smallest absolute Gasteiger partial charge is 0.133 e. The predicted octanol–water partition coefficient (Wildman–Crippen LogP) is 2.51. The number of hydrogen-bond acceptors (Lipinski definition) is 2. The van der Waals surface area contributed by atoms with Crippen molar-refractivity contribution in [3.05, 3.63) is 0 Å². The first-order valence-corrected chi connectivity index (χ1v) is 5.22. The van der Waals surface area contributed by atoms with Crippen LogP contribution in [-0.4, -0.2) is 11.6 Å². The van der Waals surface area contributed by atoms with E-state index in [-0.39, 0.29) is 17.5 Å². The Morgan fingerprint density at radius 3 is 2.62 bits per heavy atom. The van der Waals surface area contributed by atoms with Gasteiger partial charge in [-0.2, -0.15) is 0 Å². The van der Waals surface area contributed by atoms with E-state index in [9.17, 15) is 9.59 Å². The van der Waals surface area contributed by atoms with E-state index in [1.807, 2.05) is 0 Å². The van der Waals surface area contributed by atoms with Crippen LogP contribution in [0.2, 0.25) is 0 Å². The first-order valence-electron chi connectivity index (χ1n) is 5.22. The molecule has 0 radical (unpaired) electrons. The summed E-state index contributed by atoms with van der Waals surface area (Å²) in [4.78, 5) is 22.5. The third-order valence-corrected chi connectivity index (χ3v) is 2.81. The lowest BCUT2D eigenvalue weighted by Crippen LogP contribution is -2.15. The lowest BCUT2D eigenvalue weighted by molar-refractivity contribution is -0.126. The van der Waals surface area contributed by atoms with E-state index in [0.29, 0.717) is 12.8 Å². The average Bonchev–Trinajstić information content (AvgIpc) is 2.16. The Morgan fingerprint density at radius 1 is 1.23 bits per heavy atom. The molecule has 2 heteroatoms. The molecular formula is C11H18O2. The van der Waals surface area contributed by atoms with Crippen LogP contribution in [-0.2, 0) is 9.59 Å². The molecule has 0 amide bonds. The van der Waals surface area contributed by atoms with Crippen LogP contribution in [0.5, 0.6) is 0 Å². The quantitative estimate of drug-likeness (QED) is 0.624. The van der Waals surface area contributed by atoms with Crippen molar-refractivity contribution in [1.29, 1.82) is 0 Å². The van der Waals surface area contributed by atoms with Gasteiger partial charge in [0.05, 0.1) is 0 Å². The van der Waals surface area contributed by atoms with Gasteiger partial charge in [-0.05, 0) is 19.8 Å². The molecule has 1 atom stereocenters. The van der Waals surface area contributed by atoms with Gasteiger partial charge in [0.15, 0.2) is 0 Å². The fourth-order valence-electron chi connectivity index (χ4n) is 1.89. The van der Waals surface area contributed by atoms with Gasteiger partial charge in [0.2, 0.25) is 0 Å². The largest absolute Gasteiger partial charge is 0.300 e. The van der Waals surface area contributed by atoms with Crippen molar-refractivity contribution in [2.24, 2.45) is 5.92 Å². The molecule has 0 aliphatic heterocycles. The van der Waals surface area contributed by atoms with E-state index in [2.05, 4.69) is 0 Å². The molecule has 0 N–H and O–H groups in total. The zero-order chi connectivity index (χ0) is 9.68. The first-order chi connectivity index (χ1) is 6.20. The normalized spacial score (nSPS) is 25.9. The predicted molar refractivity (Wildman–Crippen MR) is 51.5 cm³/mol. The maximum atomic E-state index is 11.4. The third kappa shape index (κ3) is 3.71. The van der Waals surface area contributed by atoms with Crippen molar-refractivity contribution in [2.45, 2.75) is 51.9 Å². The fraction of sp³-hybridized carbons (Fsp3) is 0.818. The summed E-state index contributed by atoms with van der Waals surface area (Å²) in [6.45, 7) is 1.61. The highest BCUT2D eigenvalue weighted by Gasteiger charge is 2.18. The van der Waals surface area contributed by atoms with Gasteiger partial charge >= 0.3 is 0 Å². The fourth-order valence-corrected chi connectivity index (χ4v) is 1.89. The zero-order valence-electron chi connectivity index (χ0n) is 8.34. The molecule has 1 unspecified atom stereocenters. The van der Waals surface area contributed by atoms with Gasteiger partial charge in [0, 0.05) is 18.8 Å². The molecule has 13 heavy (non-hydrogen) atoms. The standard InChI is InChI=1S/C11H18O2/c1-9(12)10-6-4-2-3-5-7-11(13)8-10/h10H,2-8H2,1H3. The summed E-state index contributed by atoms with van der Waals surface area (Å²) < 4.78 is 0. The number of carbonyl (C=O) groups excluding carboxylic acids is 2. The molecule has 1 rings (SSSR count). The lowest BCUT2D eigenvalue weighted by atomic mass is 9.93. The van der Waals surface area contributed by atoms with Gasteiger partial charge < -0.3 is 0 Å². The number of hydrogen-bond donors (Lipinski definition) is 0. The molecule has 1 aliphatic carbocycles. The van der Waals surface area contributed by atoms with Crippen molar-refractivity contribution < 1.29 is 9.59 Å². The molecule has 2 nitrogen and oxygen atoms in total. The SMILES string of the molecule is CC(=O)C1CCCCCCC(=O)C1. The first kappa shape index (κ1) is 10.4. The van der Waals surface area contributed by atoms with E-state index >= 15 is 0 Å². The van der Waals surface area contributed by atoms with E-state index in [4.69, 9.17) is 0 Å². The van der Waals surface area contributed by atoms with Gasteiger partial charge in [-0.3, -0.25) is 9.59 Å². The molecule has 0 bridgehead atoms. The maximum Gasteiger partial charge on any atom is 0.133 e. The zero-order valence-corrected chi connectivity index (χ0v) is 8.34. The van der Waals surface area contributed by atoms with Crippen LogP contribution >= 0.6 is 0 Å². The van der Waals surface area contributed by atoms with Crippen LogP contribution in [0, 0.1) is 5.92 Å². The minimum Gasteiger partial charge on any atom is -0.300 e. The second-order valence-electron chi connectivity index (χ2n) is 4.00. The number of carbonyl (C=O) groups is 2. The van der Waals surface area contributed by atoms with Crippen LogP contribution in [0.1, 0.15) is 51.9 Å². The second kappa shape index (κ2) is 5.15. The van der Waals surface area contributed by atoms with E-state index in [1.165, 1.54) is 6.42 Å². The number of Topliss-reactive ketones (excluding diaryl/α,β-unsaturated/α-hetero) is 2. The monoisotopic (exact) mass is 182 g/mol. The van der Waals surface area contributed by atoms with Gasteiger partial charge in [0.1, 0.15) is 11.6 Å². The summed E-state index contributed by atoms with van der Waals surface area (Å²) in [7, 11) is 0. The number of rotatable bonds is 1. The molecule has 1 saturated carbocycles. The Kier molecular flexibility index (Phi) is 4.13. The molecule has 0 spiro atoms. The third-order valence-electron chi connectivity index (χ3n) is 2.81. The van der Waals surface area contributed by atoms with E-state index in [0.717, 1.165) is 25.7 Å². The summed E-state index contributed by atoms with van der Waals surface area (Å²) in [5.74, 6) is 0.489. The van der Waals surface area contributed by atoms with Crippen LogP contribution < -0.4 is 0 Å². The molecule has 0 aromatic rings. The van der Waals surface area contributed by atoms with Crippen LogP contribution in [0.4, 0.5) is 0 Å². The molecule has 0 aromatic carbocycles. The van der Waals surface area contributed by atoms with Crippen molar-refractivity contribution in [3.63, 3.8) is 0 Å². The average molecular weight is 182 g/mol. The Hall–Kier alpha value is -0.660.